The van der Waals surface area contributed by atoms with Crippen molar-refractivity contribution in [3.8, 4) is 0 Å². The first-order chi connectivity index (χ1) is 13.0. The summed E-state index contributed by atoms with van der Waals surface area (Å²) in [6.07, 6.45) is 5.15. The highest BCUT2D eigenvalue weighted by Crippen LogP contribution is 2.69. The lowest BCUT2D eigenvalue weighted by Crippen LogP contribution is -2.68. The van der Waals surface area contributed by atoms with E-state index >= 15 is 4.39 Å². The summed E-state index contributed by atoms with van der Waals surface area (Å²) < 4.78 is 21.0. The number of rotatable bonds is 2. The molecular formula is C23H35FO4. The van der Waals surface area contributed by atoms with Gasteiger partial charge in [-0.15, -0.1) is 6.58 Å². The van der Waals surface area contributed by atoms with Crippen LogP contribution in [-0.4, -0.2) is 39.7 Å². The van der Waals surface area contributed by atoms with Crippen LogP contribution in [0.1, 0.15) is 72.1 Å². The molecule has 0 bridgehead atoms. The lowest BCUT2D eigenvalue weighted by atomic mass is 9.42. The van der Waals surface area contributed by atoms with Crippen LogP contribution in [0.5, 0.6) is 0 Å². The van der Waals surface area contributed by atoms with Gasteiger partial charge in [-0.25, -0.2) is 4.39 Å². The van der Waals surface area contributed by atoms with Gasteiger partial charge in [0.1, 0.15) is 17.9 Å². The van der Waals surface area contributed by atoms with Crippen LogP contribution in [0.3, 0.4) is 0 Å². The minimum Gasteiger partial charge on any atom is -0.462 e. The highest BCUT2D eigenvalue weighted by molar-refractivity contribution is 5.66. The van der Waals surface area contributed by atoms with Gasteiger partial charge in [0.05, 0.1) is 5.60 Å². The Morgan fingerprint density at radius 2 is 1.71 bits per heavy atom. The van der Waals surface area contributed by atoms with Gasteiger partial charge in [-0.2, -0.15) is 0 Å². The Hall–Kier alpha value is -0.940. The number of alkyl halides is 1. The quantitative estimate of drug-likeness (QED) is 0.550. The minimum absolute atomic E-state index is 0.165. The number of hydrogen-bond acceptors (Lipinski definition) is 4. The number of halogens is 1. The average molecular weight is 395 g/mol. The van der Waals surface area contributed by atoms with Gasteiger partial charge in [-0.1, -0.05) is 19.9 Å². The van der Waals surface area contributed by atoms with Crippen molar-refractivity contribution in [3.05, 3.63) is 12.7 Å². The number of aliphatic hydroxyl groups is 2. The predicted octanol–water partition coefficient (Wildman–Crippen LogP) is 3.94. The number of hydrogen-bond donors (Lipinski definition) is 2. The summed E-state index contributed by atoms with van der Waals surface area (Å²) in [5, 5.41) is 22.7. The molecule has 0 heterocycles. The fraction of sp³-hybridized carbons (Fsp3) is 0.870. The van der Waals surface area contributed by atoms with E-state index in [4.69, 9.17) is 4.74 Å². The summed E-state index contributed by atoms with van der Waals surface area (Å²) in [6, 6.07) is 0. The SMILES string of the molecule is C=C[C@]1(O)CC[C@@H]2[C@@H]3C[C@H](F)[C@@]4(O)C[C@@H](OC(C)=O)CC[C@]4(C)[C@H]3CC[C@@]21C. The van der Waals surface area contributed by atoms with Crippen LogP contribution in [0.25, 0.3) is 0 Å². The first-order valence-electron chi connectivity index (χ1n) is 10.9. The molecule has 9 atom stereocenters. The largest absolute Gasteiger partial charge is 0.462 e. The van der Waals surface area contributed by atoms with Crippen LogP contribution in [0.15, 0.2) is 12.7 Å². The molecule has 5 heteroatoms. The van der Waals surface area contributed by atoms with Gasteiger partial charge in [-0.3, -0.25) is 4.79 Å². The highest BCUT2D eigenvalue weighted by Gasteiger charge is 2.69. The molecule has 0 aromatic heterocycles. The van der Waals surface area contributed by atoms with Crippen molar-refractivity contribution in [2.24, 2.45) is 28.6 Å². The number of fused-ring (bicyclic) bond motifs is 5. The molecule has 158 valence electrons. The average Bonchev–Trinajstić information content (AvgIpc) is 2.89. The monoisotopic (exact) mass is 394 g/mol. The van der Waals surface area contributed by atoms with Crippen LogP contribution >= 0.6 is 0 Å². The number of esters is 1. The summed E-state index contributed by atoms with van der Waals surface area (Å²) in [6.45, 7) is 9.45. The van der Waals surface area contributed by atoms with E-state index in [0.29, 0.717) is 25.7 Å². The third-order valence-corrected chi connectivity index (χ3v) is 9.65. The van der Waals surface area contributed by atoms with Gasteiger partial charge in [0.2, 0.25) is 0 Å². The lowest BCUT2D eigenvalue weighted by molar-refractivity contribution is -0.254. The van der Waals surface area contributed by atoms with Crippen LogP contribution in [0.2, 0.25) is 0 Å². The predicted molar refractivity (Wildman–Crippen MR) is 104 cm³/mol. The molecule has 4 rings (SSSR count). The van der Waals surface area contributed by atoms with E-state index in [-0.39, 0.29) is 35.6 Å². The van der Waals surface area contributed by atoms with E-state index in [0.717, 1.165) is 19.3 Å². The van der Waals surface area contributed by atoms with Gasteiger partial charge in [0.25, 0.3) is 0 Å². The van der Waals surface area contributed by atoms with Crippen molar-refractivity contribution in [2.45, 2.75) is 95.6 Å². The molecule has 0 aliphatic heterocycles. The summed E-state index contributed by atoms with van der Waals surface area (Å²) in [5.74, 6) is 0.274. The van der Waals surface area contributed by atoms with Crippen LogP contribution < -0.4 is 0 Å². The van der Waals surface area contributed by atoms with E-state index in [9.17, 15) is 15.0 Å². The zero-order valence-corrected chi connectivity index (χ0v) is 17.4. The smallest absolute Gasteiger partial charge is 0.302 e. The van der Waals surface area contributed by atoms with Gasteiger partial charge in [0, 0.05) is 24.2 Å². The third-order valence-electron chi connectivity index (χ3n) is 9.65. The molecule has 28 heavy (non-hydrogen) atoms. The Morgan fingerprint density at radius 3 is 2.36 bits per heavy atom. The maximum absolute atomic E-state index is 15.6. The second-order valence-corrected chi connectivity index (χ2v) is 10.5. The Kier molecular flexibility index (Phi) is 4.56. The van der Waals surface area contributed by atoms with Crippen molar-refractivity contribution >= 4 is 5.97 Å². The van der Waals surface area contributed by atoms with Gasteiger partial charge in [0.15, 0.2) is 0 Å². The van der Waals surface area contributed by atoms with Crippen LogP contribution in [0.4, 0.5) is 4.39 Å². The molecule has 0 aromatic rings. The zero-order valence-electron chi connectivity index (χ0n) is 17.4. The number of ether oxygens (including phenoxy) is 1. The van der Waals surface area contributed by atoms with Crippen molar-refractivity contribution in [2.75, 3.05) is 0 Å². The Bertz CT molecular complexity index is 682. The molecule has 0 spiro atoms. The normalized spacial score (nSPS) is 55.6. The molecule has 4 nitrogen and oxygen atoms in total. The molecule has 0 saturated heterocycles. The van der Waals surface area contributed by atoms with Gasteiger partial charge in [-0.05, 0) is 62.7 Å². The van der Waals surface area contributed by atoms with Crippen LogP contribution in [0, 0.1) is 28.6 Å². The fourth-order valence-corrected chi connectivity index (χ4v) is 7.91. The standard InChI is InChI=1S/C23H35FO4/c1-5-22(26)11-8-17-16-12-19(24)23(27)13-15(28-14(2)25)6-9-21(23,4)18(16)7-10-20(17,22)3/h5,15-19,26-27H,1,6-13H2,2-4H3/t15-,16-,17+,18-,19-,20-,21+,22-,23-/m0/s1. The van der Waals surface area contributed by atoms with E-state index in [1.165, 1.54) is 6.92 Å². The van der Waals surface area contributed by atoms with Crippen LogP contribution in [-0.2, 0) is 9.53 Å². The molecule has 2 N–H and O–H groups in total. The molecule has 4 aliphatic carbocycles. The number of carbonyl (C=O) groups excluding carboxylic acids is 1. The first-order valence-corrected chi connectivity index (χ1v) is 10.9. The zero-order chi connectivity index (χ0) is 20.5. The van der Waals surface area contributed by atoms with Crippen molar-refractivity contribution in [1.29, 1.82) is 0 Å². The Morgan fingerprint density at radius 1 is 1.11 bits per heavy atom. The summed E-state index contributed by atoms with van der Waals surface area (Å²) >= 11 is 0. The molecule has 4 fully saturated rings. The molecule has 4 saturated carbocycles. The first kappa shape index (κ1) is 20.3. The van der Waals surface area contributed by atoms with E-state index in [1.54, 1.807) is 6.08 Å². The van der Waals surface area contributed by atoms with Gasteiger partial charge < -0.3 is 14.9 Å². The van der Waals surface area contributed by atoms with Crippen molar-refractivity contribution in [3.63, 3.8) is 0 Å². The molecule has 0 radical (unpaired) electrons. The molecule has 4 aliphatic rings. The summed E-state index contributed by atoms with van der Waals surface area (Å²) in [5.41, 5.74) is -3.12. The Balaban J connectivity index is 1.65. The lowest BCUT2D eigenvalue weighted by Gasteiger charge is -2.65. The highest BCUT2D eigenvalue weighted by atomic mass is 19.1. The molecule has 0 amide bonds. The third kappa shape index (κ3) is 2.44. The minimum atomic E-state index is -1.45. The second-order valence-electron chi connectivity index (χ2n) is 10.5. The summed E-state index contributed by atoms with van der Waals surface area (Å²) in [7, 11) is 0. The number of carbonyl (C=O) groups is 1. The fourth-order valence-electron chi connectivity index (χ4n) is 7.91. The van der Waals surface area contributed by atoms with Crippen molar-refractivity contribution in [1.82, 2.24) is 0 Å². The topological polar surface area (TPSA) is 66.8 Å². The maximum Gasteiger partial charge on any atom is 0.302 e. The molecule has 0 unspecified atom stereocenters. The van der Waals surface area contributed by atoms with E-state index in [1.807, 2.05) is 0 Å². The second kappa shape index (κ2) is 6.28. The van der Waals surface area contributed by atoms with E-state index < -0.39 is 28.9 Å². The Labute approximate surface area is 167 Å². The van der Waals surface area contributed by atoms with E-state index in [2.05, 4.69) is 20.4 Å². The molecular weight excluding hydrogens is 359 g/mol. The maximum atomic E-state index is 15.6. The van der Waals surface area contributed by atoms with Gasteiger partial charge >= 0.3 is 5.97 Å². The van der Waals surface area contributed by atoms with Crippen molar-refractivity contribution < 1.29 is 24.1 Å². The summed E-state index contributed by atoms with van der Waals surface area (Å²) in [4.78, 5) is 11.4. The molecule has 0 aromatic carbocycles.